The number of hydrogen-bond acceptors (Lipinski definition) is 8. The van der Waals surface area contributed by atoms with Crippen LogP contribution in [0.15, 0.2) is 49.2 Å². The summed E-state index contributed by atoms with van der Waals surface area (Å²) in [5, 5.41) is 13.5. The van der Waals surface area contributed by atoms with E-state index in [4.69, 9.17) is 0 Å². The van der Waals surface area contributed by atoms with Crippen molar-refractivity contribution in [2.45, 2.75) is 6.42 Å². The first-order valence-corrected chi connectivity index (χ1v) is 10.6. The topological polar surface area (TPSA) is 92.9 Å². The molecule has 9 heteroatoms. The van der Waals surface area contributed by atoms with Crippen molar-refractivity contribution in [3.8, 4) is 11.1 Å². The highest BCUT2D eigenvalue weighted by Crippen LogP contribution is 2.23. The van der Waals surface area contributed by atoms with Crippen LogP contribution < -0.4 is 4.90 Å². The molecule has 1 fully saturated rings. The van der Waals surface area contributed by atoms with Crippen molar-refractivity contribution in [1.82, 2.24) is 34.8 Å². The molecular weight excluding hydrogens is 404 g/mol. The molecule has 0 aliphatic carbocycles. The fraction of sp³-hybridized carbons (Fsp3) is 0.304. The summed E-state index contributed by atoms with van der Waals surface area (Å²) in [6.07, 6.45) is 9.01. The van der Waals surface area contributed by atoms with Crippen LogP contribution >= 0.6 is 0 Å². The van der Waals surface area contributed by atoms with E-state index in [1.165, 1.54) is 6.20 Å². The summed E-state index contributed by atoms with van der Waals surface area (Å²) in [6, 6.07) is 5.81. The van der Waals surface area contributed by atoms with Crippen molar-refractivity contribution in [2.75, 3.05) is 38.1 Å². The van der Waals surface area contributed by atoms with Gasteiger partial charge in [0.2, 0.25) is 0 Å². The molecule has 0 radical (unpaired) electrons. The summed E-state index contributed by atoms with van der Waals surface area (Å²) >= 11 is 0. The van der Waals surface area contributed by atoms with E-state index in [-0.39, 0.29) is 12.2 Å². The minimum absolute atomic E-state index is 0.0292. The van der Waals surface area contributed by atoms with E-state index in [1.807, 2.05) is 37.8 Å². The second kappa shape index (κ2) is 8.43. The fourth-order valence-electron chi connectivity index (χ4n) is 3.87. The highest BCUT2D eigenvalue weighted by molar-refractivity contribution is 5.98. The number of pyridine rings is 2. The number of anilines is 1. The van der Waals surface area contributed by atoms with Crippen LogP contribution in [0.4, 0.5) is 5.82 Å². The van der Waals surface area contributed by atoms with E-state index in [2.05, 4.69) is 48.2 Å². The second-order valence-electron chi connectivity index (χ2n) is 8.19. The molecular formula is C23H24N8O. The molecule has 162 valence electrons. The summed E-state index contributed by atoms with van der Waals surface area (Å²) in [5.74, 6) is 0.722. The van der Waals surface area contributed by atoms with Gasteiger partial charge in [0.15, 0.2) is 11.6 Å². The van der Waals surface area contributed by atoms with Gasteiger partial charge in [-0.2, -0.15) is 10.2 Å². The van der Waals surface area contributed by atoms with Crippen molar-refractivity contribution < 1.29 is 4.79 Å². The number of carbonyl (C=O) groups is 1. The minimum Gasteiger partial charge on any atom is -0.353 e. The molecule has 0 N–H and O–H groups in total. The number of aryl methyl sites for hydroxylation is 1. The van der Waals surface area contributed by atoms with Crippen molar-refractivity contribution >= 4 is 22.5 Å². The largest absolute Gasteiger partial charge is 0.353 e. The van der Waals surface area contributed by atoms with Crippen LogP contribution in [0.25, 0.3) is 22.0 Å². The monoisotopic (exact) mass is 428 g/mol. The van der Waals surface area contributed by atoms with Gasteiger partial charge in [0.1, 0.15) is 0 Å². The standard InChI is InChI=1S/C23H24N8O/c1-29-3-5-31(6-4-29)23-9-18(12-26-28-23)22(32)10-20-8-16-7-17(11-25-21(16)14-24-20)19-13-27-30(2)15-19/h7-9,11-15H,3-6,10H2,1-2H3. The zero-order valence-electron chi connectivity index (χ0n) is 18.1. The zero-order valence-corrected chi connectivity index (χ0v) is 18.1. The van der Waals surface area contributed by atoms with E-state index in [9.17, 15) is 4.79 Å². The fourth-order valence-corrected chi connectivity index (χ4v) is 3.87. The van der Waals surface area contributed by atoms with Crippen molar-refractivity contribution in [3.05, 3.63) is 60.4 Å². The van der Waals surface area contributed by atoms with E-state index in [0.29, 0.717) is 11.3 Å². The van der Waals surface area contributed by atoms with E-state index in [1.54, 1.807) is 10.9 Å². The molecule has 0 aromatic carbocycles. The molecule has 32 heavy (non-hydrogen) atoms. The van der Waals surface area contributed by atoms with Crippen LogP contribution in [0.1, 0.15) is 16.1 Å². The second-order valence-corrected chi connectivity index (χ2v) is 8.19. The lowest BCUT2D eigenvalue weighted by Crippen LogP contribution is -2.44. The molecule has 1 aliphatic heterocycles. The molecule has 1 saturated heterocycles. The third-order valence-corrected chi connectivity index (χ3v) is 5.80. The Labute approximate surface area is 185 Å². The molecule has 0 bridgehead atoms. The third-order valence-electron chi connectivity index (χ3n) is 5.80. The van der Waals surface area contributed by atoms with Gasteiger partial charge >= 0.3 is 0 Å². The Morgan fingerprint density at radius 3 is 2.56 bits per heavy atom. The Morgan fingerprint density at radius 1 is 0.938 bits per heavy atom. The summed E-state index contributed by atoms with van der Waals surface area (Å²) in [6.45, 7) is 3.69. The average molecular weight is 429 g/mol. The molecule has 9 nitrogen and oxygen atoms in total. The van der Waals surface area contributed by atoms with E-state index < -0.39 is 0 Å². The van der Waals surface area contributed by atoms with Crippen molar-refractivity contribution in [3.63, 3.8) is 0 Å². The highest BCUT2D eigenvalue weighted by Gasteiger charge is 2.18. The maximum absolute atomic E-state index is 13.0. The molecule has 0 saturated carbocycles. The molecule has 0 unspecified atom stereocenters. The van der Waals surface area contributed by atoms with Gasteiger partial charge in [0, 0.05) is 73.4 Å². The van der Waals surface area contributed by atoms with Crippen LogP contribution in [0.5, 0.6) is 0 Å². The first-order chi connectivity index (χ1) is 15.5. The number of hydrogen-bond donors (Lipinski definition) is 0. The summed E-state index contributed by atoms with van der Waals surface area (Å²) in [5.41, 5.74) is 4.01. The molecule has 1 aliphatic rings. The van der Waals surface area contributed by atoms with Crippen molar-refractivity contribution in [1.29, 1.82) is 0 Å². The maximum Gasteiger partial charge on any atom is 0.170 e. The van der Waals surface area contributed by atoms with Crippen LogP contribution in [-0.4, -0.2) is 73.9 Å². The number of fused-ring (bicyclic) bond motifs is 1. The van der Waals surface area contributed by atoms with Crippen LogP contribution in [-0.2, 0) is 13.5 Å². The van der Waals surface area contributed by atoms with E-state index in [0.717, 1.165) is 54.0 Å². The first kappa shape index (κ1) is 20.2. The summed E-state index contributed by atoms with van der Waals surface area (Å²) in [4.78, 5) is 26.4. The van der Waals surface area contributed by atoms with Crippen molar-refractivity contribution in [2.24, 2.45) is 7.05 Å². The van der Waals surface area contributed by atoms with Gasteiger partial charge in [0.25, 0.3) is 0 Å². The summed E-state index contributed by atoms with van der Waals surface area (Å²) in [7, 11) is 3.99. The van der Waals surface area contributed by atoms with E-state index >= 15 is 0 Å². The normalized spacial score (nSPS) is 14.8. The van der Waals surface area contributed by atoms with Crippen LogP contribution in [0.2, 0.25) is 0 Å². The number of rotatable bonds is 5. The zero-order chi connectivity index (χ0) is 22.1. The SMILES string of the molecule is CN1CCN(c2cc(C(=O)Cc3cc4cc(-c5cnn(C)c5)cnc4cn3)cnn2)CC1. The average Bonchev–Trinajstić information content (AvgIpc) is 3.25. The highest BCUT2D eigenvalue weighted by atomic mass is 16.1. The smallest absolute Gasteiger partial charge is 0.170 e. The number of aromatic nitrogens is 6. The van der Waals surface area contributed by atoms with Gasteiger partial charge in [-0.3, -0.25) is 19.4 Å². The lowest BCUT2D eigenvalue weighted by molar-refractivity contribution is 0.0991. The molecule has 4 aromatic heterocycles. The first-order valence-electron chi connectivity index (χ1n) is 10.6. The molecule has 0 amide bonds. The Balaban J connectivity index is 1.36. The maximum atomic E-state index is 13.0. The lowest BCUT2D eigenvalue weighted by Gasteiger charge is -2.32. The number of Topliss-reactive ketones (excluding diaryl/α,β-unsaturated/α-hetero) is 1. The molecule has 4 aromatic rings. The third kappa shape index (κ3) is 4.19. The number of carbonyl (C=O) groups excluding carboxylic acids is 1. The quantitative estimate of drug-likeness (QED) is 0.446. The molecule has 5 rings (SSSR count). The molecule has 0 atom stereocenters. The van der Waals surface area contributed by atoms with Gasteiger partial charge in [0.05, 0.1) is 30.5 Å². The van der Waals surface area contributed by atoms with Crippen LogP contribution in [0, 0.1) is 0 Å². The van der Waals surface area contributed by atoms with Crippen LogP contribution in [0.3, 0.4) is 0 Å². The Bertz CT molecular complexity index is 1280. The Morgan fingerprint density at radius 2 is 1.78 bits per heavy atom. The van der Waals surface area contributed by atoms with Gasteiger partial charge in [-0.25, -0.2) is 0 Å². The van der Waals surface area contributed by atoms with Gasteiger partial charge in [-0.1, -0.05) is 0 Å². The molecule has 5 heterocycles. The number of nitrogens with zero attached hydrogens (tertiary/aromatic N) is 8. The van der Waals surface area contributed by atoms with Gasteiger partial charge in [-0.15, -0.1) is 5.10 Å². The predicted octanol–water partition coefficient (Wildman–Crippen LogP) is 2.00. The Kier molecular flexibility index (Phi) is 5.32. The minimum atomic E-state index is -0.0292. The number of ketones is 1. The number of likely N-dealkylation sites (N-methyl/N-ethyl adjacent to an activating group) is 1. The van der Waals surface area contributed by atoms with Gasteiger partial charge in [-0.05, 0) is 25.2 Å². The summed E-state index contributed by atoms with van der Waals surface area (Å²) < 4.78 is 1.76. The lowest BCUT2D eigenvalue weighted by atomic mass is 10.1. The number of piperazine rings is 1. The van der Waals surface area contributed by atoms with Gasteiger partial charge < -0.3 is 9.80 Å². The predicted molar refractivity (Wildman–Crippen MR) is 122 cm³/mol. The Hall–Kier alpha value is -3.72. The molecule has 0 spiro atoms.